The van der Waals surface area contributed by atoms with Crippen LogP contribution in [0.15, 0.2) is 42.5 Å². The zero-order valence-electron chi connectivity index (χ0n) is 29.2. The Morgan fingerprint density at radius 2 is 1.62 bits per heavy atom. The molecule has 0 aliphatic heterocycles. The third-order valence-electron chi connectivity index (χ3n) is 7.07. The van der Waals surface area contributed by atoms with Crippen LogP contribution in [-0.2, 0) is 37.1 Å². The molecule has 9 nitrogen and oxygen atoms in total. The van der Waals surface area contributed by atoms with Gasteiger partial charge in [-0.2, -0.15) is 0 Å². The summed E-state index contributed by atoms with van der Waals surface area (Å²) in [5.41, 5.74) is 8.27. The second-order valence-corrected chi connectivity index (χ2v) is 14.2. The number of hydrogen-bond acceptors (Lipinski definition) is 8. The van der Waals surface area contributed by atoms with E-state index in [1.54, 1.807) is 14.0 Å². The highest BCUT2D eigenvalue weighted by Gasteiger charge is 2.33. The molecule has 1 amide bonds. The van der Waals surface area contributed by atoms with Crippen molar-refractivity contribution in [3.05, 3.63) is 70.8 Å². The van der Waals surface area contributed by atoms with Crippen molar-refractivity contribution in [1.29, 1.82) is 0 Å². The minimum absolute atomic E-state index is 0.0242. The Morgan fingerprint density at radius 3 is 2.04 bits per heavy atom. The van der Waals surface area contributed by atoms with Crippen molar-refractivity contribution in [2.75, 3.05) is 32.5 Å². The quantitative estimate of drug-likeness (QED) is 0.187. The van der Waals surface area contributed by atoms with Gasteiger partial charge in [-0.3, -0.25) is 9.59 Å². The second kappa shape index (κ2) is 24.2. The molecule has 12 heteroatoms. The van der Waals surface area contributed by atoms with Crippen LogP contribution in [0.1, 0.15) is 77.0 Å². The van der Waals surface area contributed by atoms with Crippen LogP contribution < -0.4 is 11.1 Å². The number of ether oxygens (including phenoxy) is 1. The van der Waals surface area contributed by atoms with Gasteiger partial charge in [0.25, 0.3) is 6.47 Å². The Kier molecular flexibility index (Phi) is 22.7. The normalized spacial score (nSPS) is 12.4. The number of carbonyl (C=O) groups excluding carboxylic acids is 2. The molecule has 0 aliphatic rings. The van der Waals surface area contributed by atoms with E-state index >= 15 is 0 Å². The van der Waals surface area contributed by atoms with Gasteiger partial charge in [0.1, 0.15) is 17.7 Å². The lowest BCUT2D eigenvalue weighted by Crippen LogP contribution is -2.51. The van der Waals surface area contributed by atoms with Crippen molar-refractivity contribution in [1.82, 2.24) is 10.2 Å². The van der Waals surface area contributed by atoms with Gasteiger partial charge < -0.3 is 25.8 Å². The van der Waals surface area contributed by atoms with Gasteiger partial charge in [0.05, 0.1) is 23.7 Å². The van der Waals surface area contributed by atoms with Gasteiger partial charge in [-0.1, -0.05) is 71.7 Å². The van der Waals surface area contributed by atoms with E-state index in [0.717, 1.165) is 36.5 Å². The Hall–Kier alpha value is -2.93. The number of nitrogens with one attached hydrogen (secondary N) is 1. The molecule has 2 aromatic carbocycles. The van der Waals surface area contributed by atoms with E-state index in [0.29, 0.717) is 37.4 Å². The summed E-state index contributed by atoms with van der Waals surface area (Å²) < 4.78 is 54.9. The van der Waals surface area contributed by atoms with Gasteiger partial charge in [-0.25, -0.2) is 17.2 Å². The Balaban J connectivity index is 0.00000107. The number of aliphatic hydroxyl groups is 1. The smallest absolute Gasteiger partial charge is 0.293 e. The van der Waals surface area contributed by atoms with Gasteiger partial charge in [-0.05, 0) is 68.0 Å². The first kappa shape index (κ1) is 44.1. The number of benzene rings is 2. The van der Waals surface area contributed by atoms with Crippen LogP contribution >= 0.6 is 0 Å². The number of nitrogens with zero attached hydrogens (tertiary/aromatic N) is 1. The van der Waals surface area contributed by atoms with E-state index in [2.05, 4.69) is 17.0 Å². The molecule has 0 fully saturated rings. The van der Waals surface area contributed by atoms with Gasteiger partial charge in [0.2, 0.25) is 5.91 Å². The molecule has 0 radical (unpaired) electrons. The summed E-state index contributed by atoms with van der Waals surface area (Å²) in [5.74, 6) is -1.19. The van der Waals surface area contributed by atoms with E-state index in [1.165, 1.54) is 17.0 Å². The Labute approximate surface area is 281 Å². The van der Waals surface area contributed by atoms with Gasteiger partial charge in [0, 0.05) is 25.7 Å². The number of halogens is 2. The summed E-state index contributed by atoms with van der Waals surface area (Å²) in [7, 11) is -1.85. The fourth-order valence-electron chi connectivity index (χ4n) is 4.67. The first-order chi connectivity index (χ1) is 22.2. The van der Waals surface area contributed by atoms with Crippen molar-refractivity contribution in [3.8, 4) is 0 Å². The van der Waals surface area contributed by atoms with Crippen molar-refractivity contribution < 1.29 is 36.6 Å². The van der Waals surface area contributed by atoms with Crippen LogP contribution in [0, 0.1) is 24.5 Å². The number of likely N-dealkylation sites (N-methyl/N-ethyl adjacent to an activating group) is 1. The fraction of sp³-hybridized carbons (Fsp3) is 0.600. The molecule has 4 N–H and O–H groups in total. The molecule has 0 heterocycles. The summed E-state index contributed by atoms with van der Waals surface area (Å²) in [6, 6.07) is 10.5. The van der Waals surface area contributed by atoms with Crippen molar-refractivity contribution >= 4 is 22.2 Å². The van der Waals surface area contributed by atoms with Gasteiger partial charge >= 0.3 is 0 Å². The minimum Gasteiger partial charge on any atom is -0.468 e. The fourth-order valence-corrected chi connectivity index (χ4v) is 6.90. The zero-order chi connectivity index (χ0) is 36.0. The highest BCUT2D eigenvalue weighted by atomic mass is 32.2. The van der Waals surface area contributed by atoms with Gasteiger partial charge in [0.15, 0.2) is 9.84 Å². The third-order valence-corrected chi connectivity index (χ3v) is 9.35. The molecule has 2 rings (SSSR count). The Morgan fingerprint density at radius 1 is 1.04 bits per heavy atom. The lowest BCUT2D eigenvalue weighted by atomic mass is 10.1. The molecule has 0 saturated carbocycles. The first-order valence-electron chi connectivity index (χ1n) is 16.3. The third kappa shape index (κ3) is 18.9. The van der Waals surface area contributed by atoms with Crippen molar-refractivity contribution in [3.63, 3.8) is 0 Å². The molecule has 268 valence electrons. The first-order valence-corrected chi connectivity index (χ1v) is 18.0. The minimum atomic E-state index is -3.45. The number of hydrogen-bond donors (Lipinski definition) is 3. The summed E-state index contributed by atoms with van der Waals surface area (Å²) in [6.45, 7) is 13.0. The van der Waals surface area contributed by atoms with Gasteiger partial charge in [-0.15, -0.1) is 0 Å². The number of amides is 1. The molecule has 0 aromatic heterocycles. The number of rotatable bonds is 18. The maximum absolute atomic E-state index is 13.3. The molecule has 0 saturated heterocycles. The topological polar surface area (TPSA) is 139 Å². The van der Waals surface area contributed by atoms with E-state index < -0.39 is 38.9 Å². The molecule has 0 aliphatic carbocycles. The van der Waals surface area contributed by atoms with Crippen LogP contribution in [0.2, 0.25) is 0 Å². The van der Waals surface area contributed by atoms with Crippen LogP contribution in [0.5, 0.6) is 0 Å². The molecular formula is C35H57F2N3O6S. The molecule has 47 heavy (non-hydrogen) atoms. The largest absolute Gasteiger partial charge is 0.468 e. The lowest BCUT2D eigenvalue weighted by Gasteiger charge is -2.30. The monoisotopic (exact) mass is 685 g/mol. The summed E-state index contributed by atoms with van der Waals surface area (Å²) >= 11 is 0. The van der Waals surface area contributed by atoms with Crippen LogP contribution in [0.25, 0.3) is 0 Å². The molecule has 0 bridgehead atoms. The molecule has 2 aromatic rings. The van der Waals surface area contributed by atoms with Crippen LogP contribution in [0.4, 0.5) is 8.78 Å². The second-order valence-electron chi connectivity index (χ2n) is 11.9. The van der Waals surface area contributed by atoms with Crippen molar-refractivity contribution in [2.24, 2.45) is 11.7 Å². The zero-order valence-corrected chi connectivity index (χ0v) is 30.0. The van der Waals surface area contributed by atoms with E-state index in [4.69, 9.17) is 5.73 Å². The lowest BCUT2D eigenvalue weighted by molar-refractivity contribution is -0.135. The van der Waals surface area contributed by atoms with Crippen LogP contribution in [0.3, 0.4) is 0 Å². The summed E-state index contributed by atoms with van der Waals surface area (Å²) in [4.78, 5) is 24.3. The predicted octanol–water partition coefficient (Wildman–Crippen LogP) is 4.96. The average Bonchev–Trinajstić information content (AvgIpc) is 3.01. The van der Waals surface area contributed by atoms with E-state index in [-0.39, 0.29) is 31.3 Å². The molecule has 1 unspecified atom stereocenters. The predicted molar refractivity (Wildman–Crippen MR) is 184 cm³/mol. The number of nitrogens with two attached hydrogens (primary N) is 1. The SMILES string of the molecule is CC(C)COC=O.CCCC(CCC)S(=O)(=O)CC(NC)C(=O)N(Cc1cccc(CC)c1)C[C@@H](O)CN.Cc1cc(F)cc(F)c1. The maximum Gasteiger partial charge on any atom is 0.293 e. The summed E-state index contributed by atoms with van der Waals surface area (Å²) in [5, 5.41) is 12.6. The van der Waals surface area contributed by atoms with Crippen LogP contribution in [-0.4, -0.2) is 80.7 Å². The number of carbonyl (C=O) groups is 2. The standard InChI is InChI=1S/C23H41N3O4S.C7H6F2.C5H10O2/c1-5-9-21(10-6-2)31(29,30)17-22(25-4)23(28)26(16-20(27)14-24)15-19-12-8-11-18(7-3)13-19;1-5-2-6(8)4-7(9)3-5;1-5(2)3-7-4-6/h8,11-13,20-22,25,27H,5-7,9-10,14-17,24H2,1-4H3;2-4H,1H3;4-5H,3H2,1-2H3/t20-,22?;;/m0../s1. The number of aryl methyl sites for hydroxylation is 2. The highest BCUT2D eigenvalue weighted by molar-refractivity contribution is 7.92. The van der Waals surface area contributed by atoms with Crippen molar-refractivity contribution in [2.45, 2.75) is 97.6 Å². The molecule has 0 spiro atoms. The summed E-state index contributed by atoms with van der Waals surface area (Å²) in [6.07, 6.45) is 2.76. The molecular weight excluding hydrogens is 628 g/mol. The average molecular weight is 686 g/mol. The molecule has 2 atom stereocenters. The van der Waals surface area contributed by atoms with E-state index in [1.807, 2.05) is 52.0 Å². The number of aliphatic hydroxyl groups excluding tert-OH is 1. The Bertz CT molecular complexity index is 1220. The maximum atomic E-state index is 13.3. The highest BCUT2D eigenvalue weighted by Crippen LogP contribution is 2.18. The van der Waals surface area contributed by atoms with E-state index in [9.17, 15) is 31.9 Å². The number of sulfone groups is 1.